The predicted octanol–water partition coefficient (Wildman–Crippen LogP) is 1.42. The van der Waals surface area contributed by atoms with Crippen LogP contribution >= 0.6 is 0 Å². The lowest BCUT2D eigenvalue weighted by molar-refractivity contribution is 0.0921. The molecule has 5 heteroatoms. The highest BCUT2D eigenvalue weighted by Crippen LogP contribution is 2.34. The second-order valence-electron chi connectivity index (χ2n) is 4.59. The van der Waals surface area contributed by atoms with Crippen molar-refractivity contribution in [1.82, 2.24) is 5.32 Å². The zero-order valence-corrected chi connectivity index (χ0v) is 9.90. The number of nitrogens with one attached hydrogen (secondary N) is 1. The molecule has 1 amide bonds. The van der Waals surface area contributed by atoms with Crippen LogP contribution in [0.5, 0.6) is 5.75 Å². The van der Waals surface area contributed by atoms with E-state index in [0.717, 1.165) is 31.0 Å². The number of phenols is 1. The van der Waals surface area contributed by atoms with Gasteiger partial charge in [-0.15, -0.1) is 0 Å². The minimum absolute atomic E-state index is 0.00339. The van der Waals surface area contributed by atoms with Crippen LogP contribution in [-0.2, 0) is 0 Å². The van der Waals surface area contributed by atoms with E-state index in [1.165, 1.54) is 0 Å². The maximum absolute atomic E-state index is 13.0. The Balaban J connectivity index is 2.07. The average Bonchev–Trinajstić information content (AvgIpc) is 3.15. The summed E-state index contributed by atoms with van der Waals surface area (Å²) in [6.07, 6.45) is 2.53. The van der Waals surface area contributed by atoms with Crippen LogP contribution < -0.4 is 5.32 Å². The molecule has 18 heavy (non-hydrogen) atoms. The normalized spacial score (nSPS) is 16.3. The minimum atomic E-state index is -0.567. The van der Waals surface area contributed by atoms with Crippen LogP contribution in [0.15, 0.2) is 18.2 Å². The maximum atomic E-state index is 13.0. The third-order valence-electron chi connectivity index (χ3n) is 3.15. The van der Waals surface area contributed by atoms with E-state index in [1.807, 2.05) is 0 Å². The number of aliphatic hydroxyl groups is 1. The Kier molecular flexibility index (Phi) is 3.81. The average molecular weight is 253 g/mol. The Labute approximate surface area is 104 Å². The number of aliphatic hydroxyl groups excluding tert-OH is 1. The quantitative estimate of drug-likeness (QED) is 0.743. The lowest BCUT2D eigenvalue weighted by Crippen LogP contribution is -2.37. The summed E-state index contributed by atoms with van der Waals surface area (Å²) in [7, 11) is 0. The van der Waals surface area contributed by atoms with Crippen molar-refractivity contribution in [3.05, 3.63) is 29.6 Å². The van der Waals surface area contributed by atoms with Crippen LogP contribution in [0.1, 0.15) is 29.6 Å². The lowest BCUT2D eigenvalue weighted by Gasteiger charge is -2.17. The number of rotatable bonds is 5. The number of carbonyl (C=O) groups excluding carboxylic acids is 1. The van der Waals surface area contributed by atoms with Crippen LogP contribution in [-0.4, -0.2) is 28.8 Å². The predicted molar refractivity (Wildman–Crippen MR) is 63.7 cm³/mol. The van der Waals surface area contributed by atoms with E-state index in [-0.39, 0.29) is 24.0 Å². The van der Waals surface area contributed by atoms with Crippen molar-refractivity contribution < 1.29 is 19.4 Å². The highest BCUT2D eigenvalue weighted by atomic mass is 19.1. The van der Waals surface area contributed by atoms with Crippen molar-refractivity contribution in [2.24, 2.45) is 5.92 Å². The fourth-order valence-corrected chi connectivity index (χ4v) is 2.00. The summed E-state index contributed by atoms with van der Waals surface area (Å²) < 4.78 is 13.0. The van der Waals surface area contributed by atoms with Gasteiger partial charge in [-0.25, -0.2) is 4.39 Å². The molecule has 4 nitrogen and oxygen atoms in total. The number of hydrogen-bond acceptors (Lipinski definition) is 3. The number of carbonyl (C=O) groups is 1. The second-order valence-corrected chi connectivity index (χ2v) is 4.59. The molecular formula is C13H16FNO3. The molecule has 2 rings (SSSR count). The largest absolute Gasteiger partial charge is 0.507 e. The van der Waals surface area contributed by atoms with Gasteiger partial charge in [0.2, 0.25) is 0 Å². The highest BCUT2D eigenvalue weighted by molar-refractivity contribution is 5.97. The molecular weight excluding hydrogens is 237 g/mol. The zero-order valence-electron chi connectivity index (χ0n) is 9.90. The van der Waals surface area contributed by atoms with Gasteiger partial charge in [0, 0.05) is 12.6 Å². The first kappa shape index (κ1) is 12.8. The number of amides is 1. The van der Waals surface area contributed by atoms with E-state index in [4.69, 9.17) is 5.11 Å². The molecule has 98 valence electrons. The first-order chi connectivity index (χ1) is 8.61. The smallest absolute Gasteiger partial charge is 0.255 e. The van der Waals surface area contributed by atoms with Crippen molar-refractivity contribution in [2.45, 2.75) is 25.3 Å². The Bertz CT molecular complexity index is 446. The molecule has 1 fully saturated rings. The number of phenolic OH excluding ortho intramolecular Hbond substituents is 1. The van der Waals surface area contributed by atoms with Gasteiger partial charge in [0.05, 0.1) is 5.56 Å². The molecule has 0 radical (unpaired) electrons. The van der Waals surface area contributed by atoms with Crippen molar-refractivity contribution in [2.75, 3.05) is 6.61 Å². The van der Waals surface area contributed by atoms with Gasteiger partial charge in [0.1, 0.15) is 11.6 Å². The van der Waals surface area contributed by atoms with Gasteiger partial charge < -0.3 is 15.5 Å². The molecule has 1 aromatic rings. The Morgan fingerprint density at radius 2 is 2.22 bits per heavy atom. The molecule has 0 saturated heterocycles. The molecule has 1 unspecified atom stereocenters. The van der Waals surface area contributed by atoms with Crippen molar-refractivity contribution in [3.63, 3.8) is 0 Å². The number of halogens is 1. The fraction of sp³-hybridized carbons (Fsp3) is 0.462. The first-order valence-corrected chi connectivity index (χ1v) is 6.02. The van der Waals surface area contributed by atoms with Crippen LogP contribution in [0.3, 0.4) is 0 Å². The second kappa shape index (κ2) is 5.35. The summed E-state index contributed by atoms with van der Waals surface area (Å²) in [6.45, 7) is -0.00339. The Morgan fingerprint density at radius 3 is 2.83 bits per heavy atom. The number of hydrogen-bond donors (Lipinski definition) is 3. The monoisotopic (exact) mass is 253 g/mol. The summed E-state index contributed by atoms with van der Waals surface area (Å²) in [5, 5.41) is 21.2. The van der Waals surface area contributed by atoms with Gasteiger partial charge in [-0.3, -0.25) is 4.79 Å². The van der Waals surface area contributed by atoms with Crippen molar-refractivity contribution in [1.29, 1.82) is 0 Å². The molecule has 3 N–H and O–H groups in total. The summed E-state index contributed by atoms with van der Waals surface area (Å²) in [5.41, 5.74) is -0.0708. The van der Waals surface area contributed by atoms with E-state index in [2.05, 4.69) is 5.32 Å². The van der Waals surface area contributed by atoms with Gasteiger partial charge in [-0.05, 0) is 43.4 Å². The molecule has 0 aliphatic heterocycles. The molecule has 0 bridgehead atoms. The molecule has 1 aromatic carbocycles. The lowest BCUT2D eigenvalue weighted by atomic mass is 10.1. The SMILES string of the molecule is O=C(NC(CCO)C1CC1)c1cc(F)ccc1O. The van der Waals surface area contributed by atoms with Crippen LogP contribution in [0.25, 0.3) is 0 Å². The maximum Gasteiger partial charge on any atom is 0.255 e. The molecule has 1 aliphatic rings. The Morgan fingerprint density at radius 1 is 1.50 bits per heavy atom. The standard InChI is InChI=1S/C13H16FNO3/c14-9-3-4-12(17)10(7-9)13(18)15-11(5-6-16)8-1-2-8/h3-4,7-8,11,16-17H,1-2,5-6H2,(H,15,18). The van der Waals surface area contributed by atoms with Gasteiger partial charge in [-0.2, -0.15) is 0 Å². The molecule has 1 aliphatic carbocycles. The van der Waals surface area contributed by atoms with Crippen LogP contribution in [0.2, 0.25) is 0 Å². The number of aromatic hydroxyl groups is 1. The van der Waals surface area contributed by atoms with Crippen molar-refractivity contribution in [3.8, 4) is 5.75 Å². The van der Waals surface area contributed by atoms with E-state index >= 15 is 0 Å². The van der Waals surface area contributed by atoms with Gasteiger partial charge >= 0.3 is 0 Å². The van der Waals surface area contributed by atoms with E-state index in [0.29, 0.717) is 12.3 Å². The minimum Gasteiger partial charge on any atom is -0.507 e. The van der Waals surface area contributed by atoms with E-state index in [9.17, 15) is 14.3 Å². The topological polar surface area (TPSA) is 69.6 Å². The number of benzene rings is 1. The summed E-state index contributed by atoms with van der Waals surface area (Å²) in [6, 6.07) is 3.15. The molecule has 0 aromatic heterocycles. The Hall–Kier alpha value is -1.62. The van der Waals surface area contributed by atoms with Gasteiger partial charge in [0.25, 0.3) is 5.91 Å². The summed E-state index contributed by atoms with van der Waals surface area (Å²) in [4.78, 5) is 11.9. The van der Waals surface area contributed by atoms with Crippen molar-refractivity contribution >= 4 is 5.91 Å². The van der Waals surface area contributed by atoms with E-state index in [1.54, 1.807) is 0 Å². The molecule has 0 heterocycles. The third-order valence-corrected chi connectivity index (χ3v) is 3.15. The highest BCUT2D eigenvalue weighted by Gasteiger charge is 2.32. The molecule has 0 spiro atoms. The van der Waals surface area contributed by atoms with Crippen LogP contribution in [0.4, 0.5) is 4.39 Å². The molecule has 1 atom stereocenters. The zero-order chi connectivity index (χ0) is 13.1. The third kappa shape index (κ3) is 2.98. The van der Waals surface area contributed by atoms with Crippen LogP contribution in [0, 0.1) is 11.7 Å². The van der Waals surface area contributed by atoms with E-state index < -0.39 is 11.7 Å². The first-order valence-electron chi connectivity index (χ1n) is 6.02. The van der Waals surface area contributed by atoms with Gasteiger partial charge in [-0.1, -0.05) is 0 Å². The fourth-order valence-electron chi connectivity index (χ4n) is 2.00. The van der Waals surface area contributed by atoms with Gasteiger partial charge in [0.15, 0.2) is 0 Å². The molecule has 1 saturated carbocycles. The summed E-state index contributed by atoms with van der Waals surface area (Å²) in [5.74, 6) is -0.926. The summed E-state index contributed by atoms with van der Waals surface area (Å²) >= 11 is 0.